The van der Waals surface area contributed by atoms with Gasteiger partial charge in [0.05, 0.1) is 0 Å². The van der Waals surface area contributed by atoms with Gasteiger partial charge in [-0.2, -0.15) is 0 Å². The normalized spacial score (nSPS) is 19.7. The van der Waals surface area contributed by atoms with Crippen LogP contribution >= 0.6 is 15.9 Å². The van der Waals surface area contributed by atoms with Gasteiger partial charge in [0.1, 0.15) is 0 Å². The zero-order valence-corrected chi connectivity index (χ0v) is 14.0. The van der Waals surface area contributed by atoms with Crippen molar-refractivity contribution in [3.63, 3.8) is 0 Å². The summed E-state index contributed by atoms with van der Waals surface area (Å²) in [7, 11) is 0. The summed E-state index contributed by atoms with van der Waals surface area (Å²) in [4.78, 5) is 13.3. The second kappa shape index (κ2) is 7.64. The minimum Gasteiger partial charge on any atom is -0.478 e. The van der Waals surface area contributed by atoms with Crippen LogP contribution in [0.5, 0.6) is 0 Å². The molecule has 3 nitrogen and oxygen atoms in total. The van der Waals surface area contributed by atoms with Crippen LogP contribution in [0.1, 0.15) is 44.6 Å². The third-order valence-corrected chi connectivity index (χ3v) is 4.55. The molecule has 0 saturated carbocycles. The van der Waals surface area contributed by atoms with Crippen molar-refractivity contribution in [3.8, 4) is 0 Å². The van der Waals surface area contributed by atoms with Gasteiger partial charge in [0.2, 0.25) is 0 Å². The summed E-state index contributed by atoms with van der Waals surface area (Å²) < 4.78 is 1.03. The monoisotopic (exact) mass is 351 g/mol. The summed E-state index contributed by atoms with van der Waals surface area (Å²) in [5.41, 5.74) is 2.11. The first kappa shape index (κ1) is 16.1. The number of rotatable bonds is 4. The van der Waals surface area contributed by atoms with E-state index < -0.39 is 5.97 Å². The van der Waals surface area contributed by atoms with Crippen molar-refractivity contribution in [1.29, 1.82) is 0 Å². The van der Waals surface area contributed by atoms with Crippen LogP contribution in [0.3, 0.4) is 0 Å². The van der Waals surface area contributed by atoms with Gasteiger partial charge >= 0.3 is 5.97 Å². The number of benzene rings is 1. The fourth-order valence-electron chi connectivity index (χ4n) is 2.99. The summed E-state index contributed by atoms with van der Waals surface area (Å²) in [6.45, 7) is 3.27. The Balaban J connectivity index is 2.39. The van der Waals surface area contributed by atoms with Gasteiger partial charge in [-0.1, -0.05) is 41.8 Å². The zero-order valence-electron chi connectivity index (χ0n) is 12.4. The Morgan fingerprint density at radius 3 is 2.95 bits per heavy atom. The van der Waals surface area contributed by atoms with Crippen LogP contribution in [0.15, 0.2) is 28.7 Å². The van der Waals surface area contributed by atoms with Crippen LogP contribution in [0.25, 0.3) is 6.08 Å². The first-order valence-corrected chi connectivity index (χ1v) is 8.38. The third kappa shape index (κ3) is 4.34. The maximum Gasteiger partial charge on any atom is 0.328 e. The Kier molecular flexibility index (Phi) is 5.85. The van der Waals surface area contributed by atoms with Crippen LogP contribution in [0.2, 0.25) is 0 Å². The predicted molar refractivity (Wildman–Crippen MR) is 90.7 cm³/mol. The number of halogens is 1. The molecule has 2 rings (SSSR count). The number of hydrogen-bond donors (Lipinski definition) is 1. The molecular weight excluding hydrogens is 330 g/mol. The Labute approximate surface area is 134 Å². The number of carboxylic acids is 1. The largest absolute Gasteiger partial charge is 0.478 e. The van der Waals surface area contributed by atoms with Crippen LogP contribution in [-0.2, 0) is 4.79 Å². The highest BCUT2D eigenvalue weighted by Crippen LogP contribution is 2.32. The minimum atomic E-state index is -0.910. The highest BCUT2D eigenvalue weighted by molar-refractivity contribution is 9.10. The summed E-state index contributed by atoms with van der Waals surface area (Å²) >= 11 is 3.54. The van der Waals surface area contributed by atoms with Crippen molar-refractivity contribution in [3.05, 3.63) is 34.3 Å². The molecule has 114 valence electrons. The minimum absolute atomic E-state index is 0.541. The van der Waals surface area contributed by atoms with E-state index in [-0.39, 0.29) is 0 Å². The number of aliphatic carboxylic acids is 1. The highest BCUT2D eigenvalue weighted by atomic mass is 79.9. The molecule has 1 aromatic carbocycles. The van der Waals surface area contributed by atoms with Crippen molar-refractivity contribution >= 4 is 33.7 Å². The average molecular weight is 352 g/mol. The molecule has 1 saturated heterocycles. The van der Waals surface area contributed by atoms with Crippen LogP contribution in [0.4, 0.5) is 5.69 Å². The van der Waals surface area contributed by atoms with E-state index in [2.05, 4.69) is 33.8 Å². The van der Waals surface area contributed by atoms with Crippen molar-refractivity contribution in [2.24, 2.45) is 0 Å². The number of carboxylic acid groups (broad SMARTS) is 1. The third-order valence-electron chi connectivity index (χ3n) is 4.06. The lowest BCUT2D eigenvalue weighted by atomic mass is 10.0. The van der Waals surface area contributed by atoms with Gasteiger partial charge in [-0.15, -0.1) is 0 Å². The first-order chi connectivity index (χ1) is 10.1. The molecule has 1 aromatic rings. The molecule has 1 N–H and O–H groups in total. The highest BCUT2D eigenvalue weighted by Gasteiger charge is 2.21. The number of hydrogen-bond acceptors (Lipinski definition) is 2. The van der Waals surface area contributed by atoms with Gasteiger partial charge in [0, 0.05) is 28.8 Å². The maximum atomic E-state index is 10.8. The Bertz CT molecular complexity index is 528. The van der Waals surface area contributed by atoms with E-state index in [0.717, 1.165) is 28.7 Å². The van der Waals surface area contributed by atoms with Gasteiger partial charge in [-0.25, -0.2) is 4.79 Å². The summed E-state index contributed by atoms with van der Waals surface area (Å²) in [5, 5.41) is 8.86. The Morgan fingerprint density at radius 2 is 2.24 bits per heavy atom. The molecule has 0 spiro atoms. The maximum absolute atomic E-state index is 10.8. The first-order valence-electron chi connectivity index (χ1n) is 7.59. The van der Waals surface area contributed by atoms with Gasteiger partial charge in [-0.3, -0.25) is 0 Å². The van der Waals surface area contributed by atoms with Crippen molar-refractivity contribution in [2.45, 2.75) is 45.1 Å². The fraction of sp³-hybridized carbons (Fsp3) is 0.471. The van der Waals surface area contributed by atoms with Gasteiger partial charge < -0.3 is 10.0 Å². The lowest BCUT2D eigenvalue weighted by Crippen LogP contribution is -2.34. The van der Waals surface area contributed by atoms with E-state index in [1.807, 2.05) is 12.1 Å². The number of anilines is 1. The molecule has 0 radical (unpaired) electrons. The van der Waals surface area contributed by atoms with E-state index >= 15 is 0 Å². The standard InChI is InChI=1S/C17H22BrNO2/c1-2-15-6-4-3-5-11-19(15)16-12-14(18)9-7-13(16)8-10-17(20)21/h7-10,12,15H,2-6,11H2,1H3,(H,20,21)/b10-8+. The smallest absolute Gasteiger partial charge is 0.328 e. The second-order valence-electron chi connectivity index (χ2n) is 5.48. The van der Waals surface area contributed by atoms with Crippen molar-refractivity contribution in [2.75, 3.05) is 11.4 Å². The zero-order chi connectivity index (χ0) is 15.2. The number of nitrogens with zero attached hydrogens (tertiary/aromatic N) is 1. The van der Waals surface area contributed by atoms with Gasteiger partial charge in [0.15, 0.2) is 0 Å². The molecule has 0 aromatic heterocycles. The summed E-state index contributed by atoms with van der Waals surface area (Å²) in [6, 6.07) is 6.59. The molecular formula is C17H22BrNO2. The number of carbonyl (C=O) groups is 1. The predicted octanol–water partition coefficient (Wildman–Crippen LogP) is 4.71. The quantitative estimate of drug-likeness (QED) is 0.798. The fourth-order valence-corrected chi connectivity index (χ4v) is 3.34. The van der Waals surface area contributed by atoms with Crippen LogP contribution in [-0.4, -0.2) is 23.7 Å². The average Bonchev–Trinajstić information content (AvgIpc) is 2.70. The SMILES string of the molecule is CCC1CCCCCN1c1cc(Br)ccc1/C=C/C(=O)O. The van der Waals surface area contributed by atoms with E-state index in [9.17, 15) is 4.79 Å². The van der Waals surface area contributed by atoms with E-state index in [4.69, 9.17) is 5.11 Å². The molecule has 1 aliphatic heterocycles. The molecule has 0 amide bonds. The van der Waals surface area contributed by atoms with E-state index in [1.54, 1.807) is 6.08 Å². The van der Waals surface area contributed by atoms with E-state index in [1.165, 1.54) is 31.8 Å². The van der Waals surface area contributed by atoms with E-state index in [0.29, 0.717) is 6.04 Å². The summed E-state index contributed by atoms with van der Waals surface area (Å²) in [5.74, 6) is -0.910. The van der Waals surface area contributed by atoms with Gasteiger partial charge in [-0.05, 0) is 43.0 Å². The molecule has 1 aliphatic rings. The van der Waals surface area contributed by atoms with Crippen molar-refractivity contribution < 1.29 is 9.90 Å². The lowest BCUT2D eigenvalue weighted by Gasteiger charge is -2.33. The topological polar surface area (TPSA) is 40.5 Å². The Hall–Kier alpha value is -1.29. The second-order valence-corrected chi connectivity index (χ2v) is 6.40. The lowest BCUT2D eigenvalue weighted by molar-refractivity contribution is -0.131. The molecule has 0 bridgehead atoms. The van der Waals surface area contributed by atoms with Crippen molar-refractivity contribution in [1.82, 2.24) is 0 Å². The molecule has 0 aliphatic carbocycles. The molecule has 1 unspecified atom stereocenters. The molecule has 1 atom stereocenters. The molecule has 1 heterocycles. The van der Waals surface area contributed by atoms with Crippen LogP contribution < -0.4 is 4.90 Å². The van der Waals surface area contributed by atoms with Crippen LogP contribution in [0, 0.1) is 0 Å². The summed E-state index contributed by atoms with van der Waals surface area (Å²) in [6.07, 6.45) is 9.00. The Morgan fingerprint density at radius 1 is 1.43 bits per heavy atom. The van der Waals surface area contributed by atoms with Gasteiger partial charge in [0.25, 0.3) is 0 Å². The molecule has 4 heteroatoms. The molecule has 21 heavy (non-hydrogen) atoms. The molecule has 1 fully saturated rings.